The van der Waals surface area contributed by atoms with Gasteiger partial charge in [0.15, 0.2) is 0 Å². The predicted molar refractivity (Wildman–Crippen MR) is 43.7 cm³/mol. The zero-order valence-electron chi connectivity index (χ0n) is 4.98. The second-order valence-electron chi connectivity index (χ2n) is 1.86. The van der Waals surface area contributed by atoms with Crippen LogP contribution in [0.1, 0.15) is 19.3 Å². The van der Waals surface area contributed by atoms with E-state index in [2.05, 4.69) is 31.9 Å². The van der Waals surface area contributed by atoms with Gasteiger partial charge in [-0.25, -0.2) is 0 Å². The molecule has 0 aromatic rings. The van der Waals surface area contributed by atoms with Crippen molar-refractivity contribution in [1.82, 2.24) is 0 Å². The maximum absolute atomic E-state index is 8.70. The topological polar surface area (TPSA) is 40.5 Å². The van der Waals surface area contributed by atoms with Gasteiger partial charge in [0, 0.05) is 11.8 Å². The van der Waals surface area contributed by atoms with Gasteiger partial charge in [0.1, 0.15) is 0 Å². The Labute approximate surface area is 71.5 Å². The van der Waals surface area contributed by atoms with E-state index in [1.54, 1.807) is 0 Å². The molecule has 0 saturated heterocycles. The summed E-state index contributed by atoms with van der Waals surface area (Å²) in [4.78, 5) is 0. The third-order valence-corrected chi connectivity index (χ3v) is 1.84. The molecular weight excluding hydrogens is 252 g/mol. The molecule has 0 fully saturated rings. The van der Waals surface area contributed by atoms with Gasteiger partial charge in [-0.2, -0.15) is 0 Å². The first-order valence-electron chi connectivity index (χ1n) is 2.76. The van der Waals surface area contributed by atoms with E-state index < -0.39 is 4.70 Å². The monoisotopic (exact) mass is 260 g/mol. The lowest BCUT2D eigenvalue weighted by molar-refractivity contribution is -0.0750. The van der Waals surface area contributed by atoms with Gasteiger partial charge in [-0.05, 0) is 28.8 Å². The van der Waals surface area contributed by atoms with Gasteiger partial charge in [0.25, 0.3) is 0 Å². The van der Waals surface area contributed by atoms with Crippen molar-refractivity contribution < 1.29 is 10.2 Å². The highest BCUT2D eigenvalue weighted by Gasteiger charge is 2.15. The van der Waals surface area contributed by atoms with Crippen LogP contribution in [0.4, 0.5) is 0 Å². The molecule has 2 nitrogen and oxygen atoms in total. The summed E-state index contributed by atoms with van der Waals surface area (Å²) in [6.07, 6.45) is 2.15. The quantitative estimate of drug-likeness (QED) is 0.458. The molecule has 0 unspecified atom stereocenters. The summed E-state index contributed by atoms with van der Waals surface area (Å²) < 4.78 is -1.66. The van der Waals surface area contributed by atoms with Crippen LogP contribution in [0.25, 0.3) is 0 Å². The van der Waals surface area contributed by atoms with Gasteiger partial charge >= 0.3 is 0 Å². The summed E-state index contributed by atoms with van der Waals surface area (Å²) in [7, 11) is 0. The Kier molecular flexibility index (Phi) is 5.11. The van der Waals surface area contributed by atoms with Crippen LogP contribution in [0.3, 0.4) is 0 Å². The van der Waals surface area contributed by atoms with E-state index >= 15 is 0 Å². The fraction of sp³-hybridized carbons (Fsp3) is 1.00. The molecule has 0 aromatic heterocycles. The van der Waals surface area contributed by atoms with E-state index in [1.807, 2.05) is 0 Å². The second kappa shape index (κ2) is 4.66. The molecule has 0 radical (unpaired) electrons. The Hall–Kier alpha value is 0.880. The third kappa shape index (κ3) is 8.88. The molecule has 0 amide bonds. The van der Waals surface area contributed by atoms with Crippen LogP contribution in [0, 0.1) is 0 Å². The Balaban J connectivity index is 3.07. The van der Waals surface area contributed by atoms with E-state index in [0.29, 0.717) is 6.42 Å². The highest BCUT2D eigenvalue weighted by molar-refractivity contribution is 9.10. The molecule has 0 spiro atoms. The van der Waals surface area contributed by atoms with Crippen molar-refractivity contribution in [2.45, 2.75) is 24.0 Å². The van der Waals surface area contributed by atoms with E-state index in [0.717, 1.165) is 18.2 Å². The summed E-state index contributed by atoms with van der Waals surface area (Å²) in [5.74, 6) is 0. The summed E-state index contributed by atoms with van der Waals surface area (Å²) >= 11 is 5.94. The zero-order valence-corrected chi connectivity index (χ0v) is 8.15. The van der Waals surface area contributed by atoms with Crippen molar-refractivity contribution in [2.24, 2.45) is 0 Å². The predicted octanol–water partition coefficient (Wildman–Crippen LogP) is 1.58. The first-order chi connectivity index (χ1) is 4.06. The number of aliphatic hydroxyl groups is 2. The van der Waals surface area contributed by atoms with Crippen molar-refractivity contribution in [3.05, 3.63) is 0 Å². The van der Waals surface area contributed by atoms with Crippen molar-refractivity contribution in [1.29, 1.82) is 0 Å². The number of hydrogen-bond donors (Lipinski definition) is 2. The number of rotatable bonds is 4. The van der Waals surface area contributed by atoms with Crippen LogP contribution in [0.15, 0.2) is 0 Å². The minimum atomic E-state index is -1.66. The molecular formula is C5H10Br2O2. The summed E-state index contributed by atoms with van der Waals surface area (Å²) in [6, 6.07) is 0. The lowest BCUT2D eigenvalue weighted by Gasteiger charge is -2.11. The summed E-state index contributed by atoms with van der Waals surface area (Å²) in [6.45, 7) is 0. The van der Waals surface area contributed by atoms with E-state index in [-0.39, 0.29) is 0 Å². The van der Waals surface area contributed by atoms with E-state index in [1.165, 1.54) is 0 Å². The first-order valence-corrected chi connectivity index (χ1v) is 4.67. The molecule has 0 rings (SSSR count). The number of hydrogen-bond acceptors (Lipinski definition) is 2. The van der Waals surface area contributed by atoms with Crippen molar-refractivity contribution in [2.75, 3.05) is 5.33 Å². The lowest BCUT2D eigenvalue weighted by atomic mass is 10.2. The summed E-state index contributed by atoms with van der Waals surface area (Å²) in [5, 5.41) is 18.3. The SMILES string of the molecule is OC(O)(Br)CCCCBr. The molecule has 0 aliphatic rings. The van der Waals surface area contributed by atoms with Crippen molar-refractivity contribution in [3.8, 4) is 0 Å². The molecule has 0 saturated carbocycles. The highest BCUT2D eigenvalue weighted by Crippen LogP contribution is 2.17. The summed E-state index contributed by atoms with van der Waals surface area (Å²) in [5.41, 5.74) is 0. The molecule has 0 aromatic carbocycles. The standard InChI is InChI=1S/C5H10Br2O2/c6-4-2-1-3-5(7,8)9/h8-9H,1-4H2. The van der Waals surface area contributed by atoms with Gasteiger partial charge in [-0.1, -0.05) is 15.9 Å². The smallest absolute Gasteiger partial charge is 0.221 e. The molecule has 4 heteroatoms. The molecule has 0 bridgehead atoms. The third-order valence-electron chi connectivity index (χ3n) is 0.879. The average molecular weight is 262 g/mol. The van der Waals surface area contributed by atoms with Crippen LogP contribution in [-0.4, -0.2) is 20.2 Å². The second-order valence-corrected chi connectivity index (χ2v) is 3.93. The van der Waals surface area contributed by atoms with Gasteiger partial charge in [0.2, 0.25) is 4.70 Å². The molecule has 0 heterocycles. The maximum atomic E-state index is 8.70. The number of alkyl halides is 2. The molecule has 2 N–H and O–H groups in total. The van der Waals surface area contributed by atoms with E-state index in [4.69, 9.17) is 10.2 Å². The average Bonchev–Trinajstić information content (AvgIpc) is 1.63. The van der Waals surface area contributed by atoms with Gasteiger partial charge in [-0.15, -0.1) is 0 Å². The molecule has 0 aliphatic carbocycles. The minimum absolute atomic E-state index is 0.374. The fourth-order valence-corrected chi connectivity index (χ4v) is 1.12. The van der Waals surface area contributed by atoms with Crippen LogP contribution in [0.5, 0.6) is 0 Å². The molecule has 0 atom stereocenters. The Morgan fingerprint density at radius 2 is 1.78 bits per heavy atom. The highest BCUT2D eigenvalue weighted by atomic mass is 79.9. The lowest BCUT2D eigenvalue weighted by Crippen LogP contribution is -2.17. The normalized spacial score (nSPS) is 12.0. The van der Waals surface area contributed by atoms with Crippen molar-refractivity contribution in [3.63, 3.8) is 0 Å². The Morgan fingerprint density at radius 1 is 1.22 bits per heavy atom. The van der Waals surface area contributed by atoms with Crippen LogP contribution < -0.4 is 0 Å². The van der Waals surface area contributed by atoms with Gasteiger partial charge in [0.05, 0.1) is 0 Å². The molecule has 0 aliphatic heterocycles. The zero-order chi connectivity index (χ0) is 7.33. The largest absolute Gasteiger partial charge is 0.357 e. The Morgan fingerprint density at radius 3 is 2.11 bits per heavy atom. The van der Waals surface area contributed by atoms with Gasteiger partial charge in [-0.3, -0.25) is 0 Å². The minimum Gasteiger partial charge on any atom is -0.357 e. The Bertz CT molecular complexity index is 69.8. The van der Waals surface area contributed by atoms with Crippen LogP contribution in [-0.2, 0) is 0 Å². The van der Waals surface area contributed by atoms with E-state index in [9.17, 15) is 0 Å². The first kappa shape index (κ1) is 9.88. The van der Waals surface area contributed by atoms with Crippen molar-refractivity contribution >= 4 is 31.9 Å². The number of unbranched alkanes of at least 4 members (excludes halogenated alkanes) is 1. The molecule has 9 heavy (non-hydrogen) atoms. The molecule has 56 valence electrons. The number of halogens is 2. The van der Waals surface area contributed by atoms with Gasteiger partial charge < -0.3 is 10.2 Å². The maximum Gasteiger partial charge on any atom is 0.221 e. The van der Waals surface area contributed by atoms with Crippen LogP contribution in [0.2, 0.25) is 0 Å². The van der Waals surface area contributed by atoms with Crippen LogP contribution >= 0.6 is 31.9 Å². The fourth-order valence-electron chi connectivity index (χ4n) is 0.444.